The van der Waals surface area contributed by atoms with Crippen molar-refractivity contribution in [3.63, 3.8) is 0 Å². The summed E-state index contributed by atoms with van der Waals surface area (Å²) in [6.07, 6.45) is 5.12. The maximum Gasteiger partial charge on any atom is 0.408 e. The highest BCUT2D eigenvalue weighted by atomic mass is 32.2. The lowest BCUT2D eigenvalue weighted by molar-refractivity contribution is -0.146. The van der Waals surface area contributed by atoms with Crippen LogP contribution in [-0.4, -0.2) is 99.3 Å². The molecule has 0 unspecified atom stereocenters. The van der Waals surface area contributed by atoms with Crippen LogP contribution in [0.15, 0.2) is 42.6 Å². The summed E-state index contributed by atoms with van der Waals surface area (Å²) in [5.74, 6) is -2.83. The van der Waals surface area contributed by atoms with E-state index in [4.69, 9.17) is 13.6 Å². The van der Waals surface area contributed by atoms with Crippen molar-refractivity contribution in [3.05, 3.63) is 42.6 Å². The first-order valence-electron chi connectivity index (χ1n) is 20.6. The third kappa shape index (κ3) is 8.71. The van der Waals surface area contributed by atoms with E-state index in [0.717, 1.165) is 5.39 Å². The number of hydrogen-bond donors (Lipinski definition) is 3. The molecule has 2 aliphatic heterocycles. The molecule has 6 rings (SSSR count). The van der Waals surface area contributed by atoms with Crippen molar-refractivity contribution in [3.8, 4) is 11.6 Å². The molecule has 4 aliphatic rings. The SMILES string of the molecule is [2H]C([2H])([2H])C(C)(C)N(C(=O)O)[C@@H]1C(=O)N2C[C@H](Oc3nccc4cc(OC(C)C)ccc34)C[C@H]2C(=O)N[C@]2(C(=O)NS(=O)(=O)C3CC3)C[C@H]2/C=C\CC[C@@H](C)C[C@H]1C. The second-order valence-corrected chi connectivity index (χ2v) is 18.5. The normalized spacial score (nSPS) is 30.7. The lowest BCUT2D eigenvalue weighted by Crippen LogP contribution is -2.62. The Kier molecular flexibility index (Phi) is 10.1. The number of carbonyl (C=O) groups excluding carboxylic acids is 3. The van der Waals surface area contributed by atoms with Crippen molar-refractivity contribution in [2.75, 3.05) is 6.54 Å². The highest BCUT2D eigenvalue weighted by Gasteiger charge is 2.62. The Morgan fingerprint density at radius 2 is 1.91 bits per heavy atom. The zero-order valence-electron chi connectivity index (χ0n) is 35.3. The molecule has 55 heavy (non-hydrogen) atoms. The molecule has 3 fully saturated rings. The Labute approximate surface area is 327 Å². The molecular formula is C40H55N5O9S. The Bertz CT molecular complexity index is 2070. The number of nitrogens with one attached hydrogen (secondary N) is 2. The highest BCUT2D eigenvalue weighted by molar-refractivity contribution is 7.91. The minimum Gasteiger partial charge on any atom is -0.491 e. The number of ether oxygens (including phenoxy) is 2. The summed E-state index contributed by atoms with van der Waals surface area (Å²) < 4.78 is 65.3. The smallest absolute Gasteiger partial charge is 0.408 e. The molecule has 14 nitrogen and oxygen atoms in total. The Hall–Kier alpha value is -4.40. The monoisotopic (exact) mass is 784 g/mol. The Morgan fingerprint density at radius 1 is 1.16 bits per heavy atom. The Morgan fingerprint density at radius 3 is 2.58 bits per heavy atom. The van der Waals surface area contributed by atoms with E-state index in [9.17, 15) is 27.9 Å². The number of sulfonamides is 1. The topological polar surface area (TPSA) is 185 Å². The molecule has 0 radical (unpaired) electrons. The van der Waals surface area contributed by atoms with Crippen LogP contribution in [0.3, 0.4) is 0 Å². The second kappa shape index (κ2) is 15.3. The first kappa shape index (κ1) is 36.3. The van der Waals surface area contributed by atoms with E-state index in [-0.39, 0.29) is 37.3 Å². The minimum atomic E-state index is -3.97. The van der Waals surface area contributed by atoms with Crippen LogP contribution in [0.4, 0.5) is 4.79 Å². The largest absolute Gasteiger partial charge is 0.491 e. The van der Waals surface area contributed by atoms with E-state index >= 15 is 4.79 Å². The summed E-state index contributed by atoms with van der Waals surface area (Å²) in [6, 6.07) is 4.35. The number of hydrogen-bond acceptors (Lipinski definition) is 9. The van der Waals surface area contributed by atoms with Crippen molar-refractivity contribution in [1.82, 2.24) is 24.8 Å². The molecule has 0 bridgehead atoms. The zero-order chi connectivity index (χ0) is 42.5. The number of rotatable bonds is 8. The van der Waals surface area contributed by atoms with Gasteiger partial charge in [0.25, 0.3) is 5.91 Å². The van der Waals surface area contributed by atoms with Crippen LogP contribution in [0.1, 0.15) is 97.5 Å². The van der Waals surface area contributed by atoms with Crippen molar-refractivity contribution in [2.24, 2.45) is 17.8 Å². The fraction of sp³-hybridized carbons (Fsp3) is 0.625. The molecule has 7 atom stereocenters. The number of carbonyl (C=O) groups is 4. The molecule has 1 aromatic carbocycles. The molecule has 2 aromatic rings. The molecular weight excluding hydrogens is 727 g/mol. The van der Waals surface area contributed by atoms with Crippen molar-refractivity contribution in [1.29, 1.82) is 0 Å². The van der Waals surface area contributed by atoms with Gasteiger partial charge in [-0.3, -0.25) is 24.0 Å². The molecule has 4 amide bonds. The summed E-state index contributed by atoms with van der Waals surface area (Å²) in [5.41, 5.74) is -3.65. The highest BCUT2D eigenvalue weighted by Crippen LogP contribution is 2.46. The Balaban J connectivity index is 1.41. The predicted molar refractivity (Wildman–Crippen MR) is 206 cm³/mol. The van der Waals surface area contributed by atoms with Crippen LogP contribution in [0.5, 0.6) is 11.6 Å². The lowest BCUT2D eigenvalue weighted by Gasteiger charge is -2.43. The zero-order valence-corrected chi connectivity index (χ0v) is 33.1. The van der Waals surface area contributed by atoms with Crippen molar-refractivity contribution >= 4 is 44.6 Å². The minimum absolute atomic E-state index is 0.0448. The average Bonchev–Trinajstić information content (AvgIpc) is 4.04. The third-order valence-corrected chi connectivity index (χ3v) is 12.8. The molecule has 2 aliphatic carbocycles. The van der Waals surface area contributed by atoms with Gasteiger partial charge in [0.15, 0.2) is 0 Å². The van der Waals surface area contributed by atoms with Crippen LogP contribution in [-0.2, 0) is 24.4 Å². The molecule has 1 aromatic heterocycles. The van der Waals surface area contributed by atoms with Crippen molar-refractivity contribution in [2.45, 2.75) is 134 Å². The van der Waals surface area contributed by atoms with E-state index in [1.807, 2.05) is 32.9 Å². The van der Waals surface area contributed by atoms with Gasteiger partial charge in [-0.15, -0.1) is 0 Å². The molecule has 3 N–H and O–H groups in total. The first-order chi connectivity index (χ1) is 27.1. The van der Waals surface area contributed by atoms with Gasteiger partial charge >= 0.3 is 6.09 Å². The standard InChI is InChI=1S/C40H55N5O9S/c1-23(2)53-28-12-15-31-26(19-28)16-17-41-35(31)54-29-20-32-34(46)42-40(37(48)43-55(51,52)30-13-14-30)21-27(40)11-9-8-10-24(3)18-25(4)33(36(47)44(32)22-29)45(38(49)50)39(5,6)7/h9,11-12,15-17,19,23-25,27,29-30,32-33H,8,10,13-14,18,20-22H2,1-7H3,(H,42,46)(H,43,48)(H,49,50)/b11-9-/t24-,25-,27-,29-,32+,33+,40-/m1/s1/i5D3. The van der Waals surface area contributed by atoms with Gasteiger partial charge < -0.3 is 24.8 Å². The number of pyridine rings is 1. The van der Waals surface area contributed by atoms with Gasteiger partial charge in [0.2, 0.25) is 27.7 Å². The summed E-state index contributed by atoms with van der Waals surface area (Å²) >= 11 is 0. The van der Waals surface area contributed by atoms with Gasteiger partial charge in [0, 0.05) is 33.6 Å². The maximum absolute atomic E-state index is 15.2. The summed E-state index contributed by atoms with van der Waals surface area (Å²) in [7, 11) is -3.97. The lowest BCUT2D eigenvalue weighted by atomic mass is 9.85. The third-order valence-electron chi connectivity index (χ3n) is 11.0. The predicted octanol–water partition coefficient (Wildman–Crippen LogP) is 5.01. The number of nitrogens with zero attached hydrogens (tertiary/aromatic N) is 3. The van der Waals surface area contributed by atoms with E-state index in [1.54, 1.807) is 37.4 Å². The van der Waals surface area contributed by atoms with E-state index in [2.05, 4.69) is 15.0 Å². The number of amides is 4. The fourth-order valence-corrected chi connectivity index (χ4v) is 9.44. The molecule has 1 saturated heterocycles. The average molecular weight is 785 g/mol. The van der Waals surface area contributed by atoms with Gasteiger partial charge in [-0.05, 0) is 115 Å². The summed E-state index contributed by atoms with van der Waals surface area (Å²) in [4.78, 5) is 63.2. The molecule has 300 valence electrons. The number of allylic oxidation sites excluding steroid dienone is 1. The number of aromatic nitrogens is 1. The molecule has 3 heterocycles. The number of carboxylic acid groups (broad SMARTS) is 1. The van der Waals surface area contributed by atoms with E-state index < -0.39 is 87.0 Å². The van der Waals surface area contributed by atoms with Gasteiger partial charge in [0.05, 0.1) is 17.9 Å². The van der Waals surface area contributed by atoms with E-state index in [1.165, 1.54) is 18.7 Å². The molecule has 15 heteroatoms. The van der Waals surface area contributed by atoms with Gasteiger partial charge in [-0.1, -0.05) is 26.0 Å². The van der Waals surface area contributed by atoms with Gasteiger partial charge in [-0.2, -0.15) is 0 Å². The molecule has 0 spiro atoms. The van der Waals surface area contributed by atoms with Crippen LogP contribution in [0, 0.1) is 17.8 Å². The maximum atomic E-state index is 15.2. The number of benzene rings is 1. The van der Waals surface area contributed by atoms with Crippen LogP contribution >= 0.6 is 0 Å². The fourth-order valence-electron chi connectivity index (χ4n) is 8.07. The first-order valence-corrected chi connectivity index (χ1v) is 20.7. The quantitative estimate of drug-likeness (QED) is 0.308. The van der Waals surface area contributed by atoms with Crippen LogP contribution in [0.2, 0.25) is 0 Å². The van der Waals surface area contributed by atoms with Crippen LogP contribution < -0.4 is 19.5 Å². The van der Waals surface area contributed by atoms with Crippen LogP contribution in [0.25, 0.3) is 10.8 Å². The second-order valence-electron chi connectivity index (χ2n) is 16.6. The van der Waals surface area contributed by atoms with Gasteiger partial charge in [-0.25, -0.2) is 18.2 Å². The van der Waals surface area contributed by atoms with Gasteiger partial charge in [0.1, 0.15) is 29.5 Å². The summed E-state index contributed by atoms with van der Waals surface area (Å²) in [5, 5.41) is 14.2. The summed E-state index contributed by atoms with van der Waals surface area (Å²) in [6.45, 7) is 6.97. The number of fused-ring (bicyclic) bond motifs is 3. The molecule has 2 saturated carbocycles. The van der Waals surface area contributed by atoms with E-state index in [0.29, 0.717) is 48.1 Å². The van der Waals surface area contributed by atoms with Crippen molar-refractivity contribution < 1.29 is 46.3 Å².